The molecule has 2 aromatic heterocycles. The Bertz CT molecular complexity index is 4570. The van der Waals surface area contributed by atoms with Crippen molar-refractivity contribution in [2.45, 2.75) is 103 Å². The summed E-state index contributed by atoms with van der Waals surface area (Å²) in [6.45, 7) is 11.6. The molecule has 0 aliphatic carbocycles. The van der Waals surface area contributed by atoms with Crippen molar-refractivity contribution in [2.24, 2.45) is 0 Å². The Hall–Kier alpha value is -10.3. The molecule has 16 rings (SSSR count). The smallest absolute Gasteiger partial charge is 0.410 e. The first-order valence-electron chi connectivity index (χ1n) is 34.2. The molecule has 0 bridgehead atoms. The summed E-state index contributed by atoms with van der Waals surface area (Å²) in [5.74, 6) is 0.143. The molecule has 98 heavy (non-hydrogen) atoms. The highest BCUT2D eigenvalue weighted by Gasteiger charge is 2.40. The third-order valence-electron chi connectivity index (χ3n) is 18.8. The molecule has 0 radical (unpaired) electrons. The van der Waals surface area contributed by atoms with Crippen LogP contribution in [0.3, 0.4) is 0 Å². The number of pyridine rings is 2. The molecule has 3 amide bonds. The van der Waals surface area contributed by atoms with Crippen molar-refractivity contribution in [3.63, 3.8) is 0 Å². The Kier molecular flexibility index (Phi) is 22.2. The molecular formula is C85H83BrN8O4. The van der Waals surface area contributed by atoms with Crippen molar-refractivity contribution in [2.75, 3.05) is 32.7 Å². The zero-order valence-corrected chi connectivity index (χ0v) is 57.7. The lowest BCUT2D eigenvalue weighted by Crippen LogP contribution is -2.50. The van der Waals surface area contributed by atoms with Crippen LogP contribution in [0.15, 0.2) is 254 Å². The number of nitrogens with one attached hydrogen (secondary N) is 1. The van der Waals surface area contributed by atoms with Gasteiger partial charge in [-0.1, -0.05) is 222 Å². The second kappa shape index (κ2) is 32.2. The number of benzene rings is 9. The average Bonchev–Trinajstić information content (AvgIpc) is 1.16. The first kappa shape index (κ1) is 67.7. The zero-order chi connectivity index (χ0) is 67.8. The average molecular weight is 1360 g/mol. The van der Waals surface area contributed by atoms with E-state index in [9.17, 15) is 19.6 Å². The van der Waals surface area contributed by atoms with Crippen LogP contribution in [0.1, 0.15) is 79.8 Å². The lowest BCUT2D eigenvalue weighted by molar-refractivity contribution is -0.137. The molecule has 0 unspecified atom stereocenters. The van der Waals surface area contributed by atoms with Crippen LogP contribution in [-0.4, -0.2) is 97.9 Å². The fraction of sp³-hybridized carbons (Fsp3) is 0.247. The Morgan fingerprint density at radius 3 is 1.45 bits per heavy atom. The second-order valence-corrected chi connectivity index (χ2v) is 27.1. The van der Waals surface area contributed by atoms with Crippen molar-refractivity contribution >= 4 is 55.4 Å². The summed E-state index contributed by atoms with van der Waals surface area (Å²) in [5, 5.41) is 17.4. The van der Waals surface area contributed by atoms with E-state index in [1.54, 1.807) is 16.0 Å². The van der Waals surface area contributed by atoms with E-state index in [2.05, 4.69) is 219 Å². The van der Waals surface area contributed by atoms with Crippen LogP contribution >= 0.6 is 15.9 Å². The van der Waals surface area contributed by atoms with Crippen LogP contribution in [0.2, 0.25) is 0 Å². The van der Waals surface area contributed by atoms with E-state index in [0.29, 0.717) is 39.1 Å². The number of amides is 3. The van der Waals surface area contributed by atoms with Gasteiger partial charge in [-0.2, -0.15) is 5.26 Å². The van der Waals surface area contributed by atoms with Gasteiger partial charge >= 0.3 is 6.09 Å². The third kappa shape index (κ3) is 16.4. The van der Waals surface area contributed by atoms with E-state index >= 15 is 0 Å². The predicted octanol–water partition coefficient (Wildman–Crippen LogP) is 17.7. The number of ether oxygens (including phenoxy) is 1. The number of rotatable bonds is 6. The van der Waals surface area contributed by atoms with Gasteiger partial charge in [0.1, 0.15) is 17.7 Å². The van der Waals surface area contributed by atoms with Gasteiger partial charge in [0.2, 0.25) is 11.8 Å². The van der Waals surface area contributed by atoms with E-state index in [1.165, 1.54) is 99.4 Å². The maximum atomic E-state index is 13.3. The Labute approximate surface area is 584 Å². The molecule has 2 saturated heterocycles. The molecular weight excluding hydrogens is 1280 g/mol. The first-order valence-corrected chi connectivity index (χ1v) is 35.0. The van der Waals surface area contributed by atoms with Crippen molar-refractivity contribution in [1.29, 1.82) is 5.26 Å². The van der Waals surface area contributed by atoms with Crippen LogP contribution < -0.4 is 5.32 Å². The zero-order valence-electron chi connectivity index (χ0n) is 56.1. The highest BCUT2D eigenvalue weighted by molar-refractivity contribution is 9.10. The highest BCUT2D eigenvalue weighted by Crippen LogP contribution is 2.35. The number of nitrogens with zero attached hydrogens (tertiary/aromatic N) is 7. The Morgan fingerprint density at radius 1 is 0.490 bits per heavy atom. The molecule has 5 aliphatic heterocycles. The molecule has 9 aromatic carbocycles. The van der Waals surface area contributed by atoms with Gasteiger partial charge in [0.05, 0.1) is 0 Å². The number of nitriles is 1. The van der Waals surface area contributed by atoms with Gasteiger partial charge in [-0.25, -0.2) is 4.79 Å². The number of carbonyl (C=O) groups excluding carboxylic acids is 3. The fourth-order valence-electron chi connectivity index (χ4n) is 14.0. The van der Waals surface area contributed by atoms with Gasteiger partial charge in [-0.3, -0.25) is 29.4 Å². The number of carbonyl (C=O) groups is 3. The van der Waals surface area contributed by atoms with Crippen LogP contribution in [0.25, 0.3) is 66.1 Å². The van der Waals surface area contributed by atoms with E-state index in [1.807, 2.05) is 91.6 Å². The van der Waals surface area contributed by atoms with Gasteiger partial charge in [0.15, 0.2) is 6.19 Å². The quantitative estimate of drug-likeness (QED) is 0.161. The minimum absolute atomic E-state index is 0.0362. The number of hydrogen-bond acceptors (Lipinski definition) is 9. The predicted molar refractivity (Wildman–Crippen MR) is 397 cm³/mol. The molecule has 0 saturated carbocycles. The molecule has 12 nitrogen and oxygen atoms in total. The molecule has 11 aromatic rings. The number of halogens is 1. The maximum absolute atomic E-state index is 13.3. The number of likely N-dealkylation sites (tertiary alicyclic amines) is 2. The van der Waals surface area contributed by atoms with E-state index in [-0.39, 0.29) is 23.9 Å². The third-order valence-corrected chi connectivity index (χ3v) is 19.5. The minimum Gasteiger partial charge on any atom is -0.444 e. The molecule has 0 spiro atoms. The summed E-state index contributed by atoms with van der Waals surface area (Å²) >= 11 is 3.47. The standard InChI is InChI=1S/C25H30N2O3.C21H21N3O.C15H15N.C15H11N.C9H6BrN/c1-25(2,3)30-24(29)27-15-8-13-22(27)23(28)26-16-14-21-19(17-26)11-7-12-20(21)18-9-5-4-6-10-18;22-15-24-12-5-10-20(24)21(25)23-13-11-19-17(14-23)8-4-9-18(19)16-6-2-1-3-7-16;2*1-2-5-12(6-3-1)14-8-4-7-13-11-16-10-9-15(13)14;10-9-3-1-2-7-6-11-5-4-8(7)9/h4-7,9-12,22H,8,13-17H2,1-3H3;1-4,6-9,20H,5,10-14H2;1-8,16H,9-11H2;1-11H;1-6H/t22-;20-;;;/m00.../s1. The van der Waals surface area contributed by atoms with Crippen LogP contribution in [-0.2, 0) is 53.2 Å². The molecule has 1 N–H and O–H groups in total. The maximum Gasteiger partial charge on any atom is 0.410 e. The van der Waals surface area contributed by atoms with Crippen LogP contribution in [0.5, 0.6) is 0 Å². The summed E-state index contributed by atoms with van der Waals surface area (Å²) in [7, 11) is 0. The summed E-state index contributed by atoms with van der Waals surface area (Å²) in [6, 6.07) is 77.0. The highest BCUT2D eigenvalue weighted by atomic mass is 79.9. The first-order chi connectivity index (χ1) is 47.9. The van der Waals surface area contributed by atoms with E-state index < -0.39 is 11.6 Å². The van der Waals surface area contributed by atoms with Crippen molar-refractivity contribution < 1.29 is 19.1 Å². The monoisotopic (exact) mass is 1360 g/mol. The summed E-state index contributed by atoms with van der Waals surface area (Å²) in [6.07, 6.45) is 15.3. The summed E-state index contributed by atoms with van der Waals surface area (Å²) < 4.78 is 6.65. The van der Waals surface area contributed by atoms with Gasteiger partial charge < -0.3 is 19.9 Å². The molecule has 7 heterocycles. The van der Waals surface area contributed by atoms with Crippen molar-refractivity contribution in [1.82, 2.24) is 34.9 Å². The second-order valence-electron chi connectivity index (χ2n) is 26.3. The molecule has 13 heteroatoms. The van der Waals surface area contributed by atoms with Gasteiger partial charge in [0, 0.05) is 85.8 Å². The van der Waals surface area contributed by atoms with Gasteiger partial charge in [-0.15, -0.1) is 0 Å². The number of fused-ring (bicyclic) bond motifs is 5. The van der Waals surface area contributed by atoms with Crippen LogP contribution in [0.4, 0.5) is 4.79 Å². The van der Waals surface area contributed by atoms with Crippen molar-refractivity contribution in [3.05, 3.63) is 287 Å². The molecule has 2 fully saturated rings. The normalized spacial score (nSPS) is 15.9. The topological polar surface area (TPSA) is 135 Å². The molecule has 2 atom stereocenters. The number of aromatic nitrogens is 2. The fourth-order valence-corrected chi connectivity index (χ4v) is 14.5. The number of hydrogen-bond donors (Lipinski definition) is 1. The summed E-state index contributed by atoms with van der Waals surface area (Å²) in [5.41, 5.74) is 17.7. The summed E-state index contributed by atoms with van der Waals surface area (Å²) in [4.78, 5) is 54.0. The lowest BCUT2D eigenvalue weighted by Gasteiger charge is -2.35. The van der Waals surface area contributed by atoms with Crippen molar-refractivity contribution in [3.8, 4) is 50.7 Å². The van der Waals surface area contributed by atoms with Gasteiger partial charge in [-0.05, 0) is 179 Å². The minimum atomic E-state index is -0.564. The Morgan fingerprint density at radius 2 is 0.929 bits per heavy atom. The lowest BCUT2D eigenvalue weighted by atomic mass is 9.90. The SMILES string of the molecule is Brc1cccc2cnccc12.CC(C)(C)OC(=O)N1CCC[C@H]1C(=O)N1CCc2c(cccc2-c2ccccc2)C1.N#CN1CCC[C@H]1C(=O)N1CCc2c(cccc2-c2ccccc2)C1.c1ccc(-c2cccc3c2CCNC3)cc1.c1ccc(-c2cccc3cnccc23)cc1. The van der Waals surface area contributed by atoms with Crippen LogP contribution in [0, 0.1) is 11.5 Å². The molecule has 494 valence electrons. The molecule has 5 aliphatic rings. The largest absolute Gasteiger partial charge is 0.444 e. The van der Waals surface area contributed by atoms with Gasteiger partial charge in [0.25, 0.3) is 0 Å². The Balaban J connectivity index is 0.000000121. The van der Waals surface area contributed by atoms with E-state index in [4.69, 9.17) is 4.74 Å². The van der Waals surface area contributed by atoms with E-state index in [0.717, 1.165) is 62.6 Å².